The minimum Gasteiger partial charge on any atom is -0.355 e. The molecule has 2 aromatic rings. The monoisotopic (exact) mass is 371 g/mol. The standard InChI is InChI=1S/C19H25N5O3/c1-21-16(12-17(25)22(2)19(21)27)24-10-8-23(9-11-24)13-15(20)18(26)14-6-4-3-5-7-14/h3-7,12,15H,8-11,13,20H2,1-2H3. The van der Waals surface area contributed by atoms with E-state index in [-0.39, 0.29) is 17.0 Å². The summed E-state index contributed by atoms with van der Waals surface area (Å²) in [6.45, 7) is 3.22. The van der Waals surface area contributed by atoms with Crippen LogP contribution in [0, 0.1) is 0 Å². The average Bonchev–Trinajstić information content (AvgIpc) is 2.70. The summed E-state index contributed by atoms with van der Waals surface area (Å²) in [5.41, 5.74) is 6.08. The molecule has 1 aromatic carbocycles. The molecule has 3 rings (SSSR count). The average molecular weight is 371 g/mol. The molecule has 1 atom stereocenters. The van der Waals surface area contributed by atoms with Crippen molar-refractivity contribution in [3.8, 4) is 0 Å². The second-order valence-corrected chi connectivity index (χ2v) is 6.87. The summed E-state index contributed by atoms with van der Waals surface area (Å²) in [6.07, 6.45) is 0. The Labute approximate surface area is 157 Å². The normalized spacial score (nSPS) is 16.3. The number of nitrogens with zero attached hydrogens (tertiary/aromatic N) is 4. The van der Waals surface area contributed by atoms with Gasteiger partial charge in [0.15, 0.2) is 5.78 Å². The quantitative estimate of drug-likeness (QED) is 0.707. The van der Waals surface area contributed by atoms with Crippen LogP contribution in [0.3, 0.4) is 0 Å². The molecule has 1 fully saturated rings. The molecule has 1 unspecified atom stereocenters. The van der Waals surface area contributed by atoms with E-state index < -0.39 is 6.04 Å². The number of anilines is 1. The van der Waals surface area contributed by atoms with E-state index in [9.17, 15) is 14.4 Å². The van der Waals surface area contributed by atoms with Crippen LogP contribution in [0.25, 0.3) is 0 Å². The molecule has 27 heavy (non-hydrogen) atoms. The van der Waals surface area contributed by atoms with Gasteiger partial charge >= 0.3 is 5.69 Å². The maximum Gasteiger partial charge on any atom is 0.332 e. The topological polar surface area (TPSA) is 93.6 Å². The number of hydrogen-bond acceptors (Lipinski definition) is 6. The molecule has 0 amide bonds. The largest absolute Gasteiger partial charge is 0.355 e. The second-order valence-electron chi connectivity index (χ2n) is 6.87. The van der Waals surface area contributed by atoms with Crippen molar-refractivity contribution in [3.05, 3.63) is 62.8 Å². The van der Waals surface area contributed by atoms with E-state index in [2.05, 4.69) is 4.90 Å². The summed E-state index contributed by atoms with van der Waals surface area (Å²) < 4.78 is 2.58. The van der Waals surface area contributed by atoms with E-state index in [0.29, 0.717) is 44.1 Å². The SMILES string of the molecule is Cn1c(N2CCN(CC(N)C(=O)c3ccccc3)CC2)cc(=O)n(C)c1=O. The van der Waals surface area contributed by atoms with Crippen LogP contribution in [0.4, 0.5) is 5.82 Å². The Kier molecular flexibility index (Phi) is 5.57. The molecule has 1 aromatic heterocycles. The lowest BCUT2D eigenvalue weighted by atomic mass is 10.0. The highest BCUT2D eigenvalue weighted by molar-refractivity contribution is 6.00. The summed E-state index contributed by atoms with van der Waals surface area (Å²) in [5.74, 6) is 0.555. The number of piperazine rings is 1. The number of benzene rings is 1. The van der Waals surface area contributed by atoms with Gasteiger partial charge in [0.05, 0.1) is 6.04 Å². The van der Waals surface area contributed by atoms with Crippen LogP contribution < -0.4 is 21.9 Å². The van der Waals surface area contributed by atoms with Crippen LogP contribution >= 0.6 is 0 Å². The van der Waals surface area contributed by atoms with E-state index in [1.807, 2.05) is 23.1 Å². The summed E-state index contributed by atoms with van der Waals surface area (Å²) in [4.78, 5) is 40.6. The molecular formula is C19H25N5O3. The van der Waals surface area contributed by atoms with Gasteiger partial charge in [0.25, 0.3) is 5.56 Å². The third kappa shape index (κ3) is 4.01. The second kappa shape index (κ2) is 7.89. The smallest absolute Gasteiger partial charge is 0.332 e. The van der Waals surface area contributed by atoms with E-state index in [1.165, 1.54) is 17.7 Å². The highest BCUT2D eigenvalue weighted by Crippen LogP contribution is 2.13. The van der Waals surface area contributed by atoms with E-state index in [1.54, 1.807) is 19.2 Å². The van der Waals surface area contributed by atoms with Crippen LogP contribution in [0.5, 0.6) is 0 Å². The number of Topliss-reactive ketones (excluding diaryl/α,β-unsaturated/α-hetero) is 1. The summed E-state index contributed by atoms with van der Waals surface area (Å²) >= 11 is 0. The van der Waals surface area contributed by atoms with Gasteiger partial charge < -0.3 is 10.6 Å². The number of carbonyl (C=O) groups is 1. The van der Waals surface area contributed by atoms with Gasteiger partial charge in [0.2, 0.25) is 0 Å². The van der Waals surface area contributed by atoms with Crippen molar-refractivity contribution in [1.82, 2.24) is 14.0 Å². The Hall–Kier alpha value is -2.71. The zero-order chi connectivity index (χ0) is 19.6. The highest BCUT2D eigenvalue weighted by Gasteiger charge is 2.24. The van der Waals surface area contributed by atoms with E-state index >= 15 is 0 Å². The molecule has 2 N–H and O–H groups in total. The highest BCUT2D eigenvalue weighted by atomic mass is 16.2. The van der Waals surface area contributed by atoms with Crippen LogP contribution in [0.15, 0.2) is 46.0 Å². The van der Waals surface area contributed by atoms with Gasteiger partial charge in [-0.05, 0) is 0 Å². The summed E-state index contributed by atoms with van der Waals surface area (Å²) in [7, 11) is 3.13. The Morgan fingerprint density at radius 3 is 2.30 bits per heavy atom. The maximum absolute atomic E-state index is 12.4. The molecule has 0 radical (unpaired) electrons. The minimum atomic E-state index is -0.577. The minimum absolute atomic E-state index is 0.0630. The number of aromatic nitrogens is 2. The molecule has 1 aliphatic rings. The van der Waals surface area contributed by atoms with Crippen LogP contribution in [-0.4, -0.2) is 58.6 Å². The van der Waals surface area contributed by atoms with Crippen molar-refractivity contribution in [2.24, 2.45) is 19.8 Å². The zero-order valence-electron chi connectivity index (χ0n) is 15.7. The molecular weight excluding hydrogens is 346 g/mol. The molecule has 0 aliphatic carbocycles. The zero-order valence-corrected chi connectivity index (χ0v) is 15.7. The molecule has 1 aliphatic heterocycles. The molecule has 144 valence electrons. The number of rotatable bonds is 5. The van der Waals surface area contributed by atoms with Crippen molar-refractivity contribution < 1.29 is 4.79 Å². The number of ketones is 1. The fourth-order valence-corrected chi connectivity index (χ4v) is 3.36. The van der Waals surface area contributed by atoms with Gasteiger partial charge in [-0.2, -0.15) is 0 Å². The van der Waals surface area contributed by atoms with Crippen LogP contribution in [-0.2, 0) is 14.1 Å². The van der Waals surface area contributed by atoms with Gasteiger partial charge in [-0.1, -0.05) is 30.3 Å². The molecule has 0 saturated carbocycles. The molecule has 2 heterocycles. The van der Waals surface area contributed by atoms with Crippen LogP contribution in [0.1, 0.15) is 10.4 Å². The maximum atomic E-state index is 12.4. The predicted molar refractivity (Wildman–Crippen MR) is 104 cm³/mol. The van der Waals surface area contributed by atoms with Crippen molar-refractivity contribution in [1.29, 1.82) is 0 Å². The molecule has 1 saturated heterocycles. The summed E-state index contributed by atoms with van der Waals surface area (Å²) in [5, 5.41) is 0. The fourth-order valence-electron chi connectivity index (χ4n) is 3.36. The Bertz CT molecular complexity index is 927. The number of hydrogen-bond donors (Lipinski definition) is 1. The lowest BCUT2D eigenvalue weighted by molar-refractivity contribution is 0.0934. The van der Waals surface area contributed by atoms with Crippen molar-refractivity contribution in [2.75, 3.05) is 37.6 Å². The molecule has 8 heteroatoms. The number of nitrogens with two attached hydrogens (primary N) is 1. The van der Waals surface area contributed by atoms with Gasteiger partial charge in [-0.15, -0.1) is 0 Å². The van der Waals surface area contributed by atoms with Crippen molar-refractivity contribution in [3.63, 3.8) is 0 Å². The van der Waals surface area contributed by atoms with Gasteiger partial charge in [-0.25, -0.2) is 4.79 Å². The third-order valence-corrected chi connectivity index (χ3v) is 5.05. The molecule has 0 spiro atoms. The van der Waals surface area contributed by atoms with Crippen molar-refractivity contribution >= 4 is 11.6 Å². The Morgan fingerprint density at radius 2 is 1.67 bits per heavy atom. The van der Waals surface area contributed by atoms with Gasteiger partial charge in [0, 0.05) is 58.4 Å². The fraction of sp³-hybridized carbons (Fsp3) is 0.421. The van der Waals surface area contributed by atoms with Crippen molar-refractivity contribution in [2.45, 2.75) is 6.04 Å². The van der Waals surface area contributed by atoms with Gasteiger partial charge in [0.1, 0.15) is 5.82 Å². The Balaban J connectivity index is 1.62. The predicted octanol–water partition coefficient (Wildman–Crippen LogP) is -0.584. The molecule has 8 nitrogen and oxygen atoms in total. The van der Waals surface area contributed by atoms with E-state index in [4.69, 9.17) is 5.73 Å². The Morgan fingerprint density at radius 1 is 1.04 bits per heavy atom. The lowest BCUT2D eigenvalue weighted by Crippen LogP contribution is -2.53. The first kappa shape index (κ1) is 19.1. The first-order valence-corrected chi connectivity index (χ1v) is 8.97. The molecule has 0 bridgehead atoms. The van der Waals surface area contributed by atoms with Gasteiger partial charge in [-0.3, -0.25) is 23.6 Å². The third-order valence-electron chi connectivity index (χ3n) is 5.05. The number of carbonyl (C=O) groups excluding carboxylic acids is 1. The lowest BCUT2D eigenvalue weighted by Gasteiger charge is -2.37. The first-order chi connectivity index (χ1) is 12.9. The summed E-state index contributed by atoms with van der Waals surface area (Å²) in [6, 6.07) is 9.98. The first-order valence-electron chi connectivity index (χ1n) is 8.97. The van der Waals surface area contributed by atoms with Crippen LogP contribution in [0.2, 0.25) is 0 Å². The van der Waals surface area contributed by atoms with E-state index in [0.717, 1.165) is 4.57 Å².